The molecule has 3 N–H and O–H groups in total. The molecule has 1 atom stereocenters. The Kier molecular flexibility index (Phi) is 3.19. The van der Waals surface area contributed by atoms with Crippen molar-refractivity contribution >= 4 is 11.6 Å². The van der Waals surface area contributed by atoms with Gasteiger partial charge < -0.3 is 10.8 Å². The Morgan fingerprint density at radius 2 is 2.00 bits per heavy atom. The minimum absolute atomic E-state index is 0.169. The molecule has 0 aromatic heterocycles. The summed E-state index contributed by atoms with van der Waals surface area (Å²) in [4.78, 5) is 0. The van der Waals surface area contributed by atoms with E-state index in [0.29, 0.717) is 0 Å². The maximum absolute atomic E-state index is 13.0. The first-order valence-electron chi connectivity index (χ1n) is 3.59. The third kappa shape index (κ3) is 2.15. The molecule has 1 aromatic rings. The average molecular weight is 208 g/mol. The van der Waals surface area contributed by atoms with Crippen molar-refractivity contribution in [3.8, 4) is 0 Å². The van der Waals surface area contributed by atoms with Gasteiger partial charge >= 0.3 is 0 Å². The Morgan fingerprint density at radius 3 is 2.54 bits per heavy atom. The summed E-state index contributed by atoms with van der Waals surface area (Å²) in [6.07, 6.45) is -1.20. The van der Waals surface area contributed by atoms with E-state index in [0.717, 1.165) is 12.1 Å². The number of rotatable bonds is 2. The van der Waals surface area contributed by atoms with Crippen LogP contribution in [-0.4, -0.2) is 11.7 Å². The van der Waals surface area contributed by atoms with Gasteiger partial charge in [0.25, 0.3) is 0 Å². The fourth-order valence-corrected chi connectivity index (χ4v) is 1.07. The number of hydrogen-bond donors (Lipinski definition) is 2. The number of aliphatic hydroxyl groups is 1. The summed E-state index contributed by atoms with van der Waals surface area (Å²) in [5.74, 6) is -1.53. The van der Waals surface area contributed by atoms with Crippen LogP contribution in [0.5, 0.6) is 0 Å². The monoisotopic (exact) mass is 207 g/mol. The molecule has 0 saturated carbocycles. The summed E-state index contributed by atoms with van der Waals surface area (Å²) in [6, 6.07) is 1.65. The van der Waals surface area contributed by atoms with E-state index in [9.17, 15) is 8.78 Å². The van der Waals surface area contributed by atoms with Gasteiger partial charge in [-0.05, 0) is 12.1 Å². The average Bonchev–Trinajstić information content (AvgIpc) is 2.10. The van der Waals surface area contributed by atoms with Crippen LogP contribution in [0, 0.1) is 11.6 Å². The lowest BCUT2D eigenvalue weighted by molar-refractivity contribution is 0.181. The van der Waals surface area contributed by atoms with Crippen LogP contribution in [0.1, 0.15) is 11.7 Å². The van der Waals surface area contributed by atoms with Gasteiger partial charge in [0.05, 0.1) is 11.1 Å². The van der Waals surface area contributed by atoms with Gasteiger partial charge in [-0.2, -0.15) is 0 Å². The predicted molar refractivity (Wildman–Crippen MR) is 45.4 cm³/mol. The van der Waals surface area contributed by atoms with E-state index in [4.69, 9.17) is 22.4 Å². The minimum atomic E-state index is -1.20. The van der Waals surface area contributed by atoms with E-state index in [2.05, 4.69) is 0 Å². The molecule has 5 heteroatoms. The first kappa shape index (κ1) is 10.4. The third-order valence-corrected chi connectivity index (χ3v) is 1.91. The van der Waals surface area contributed by atoms with Gasteiger partial charge in [0.1, 0.15) is 11.6 Å². The van der Waals surface area contributed by atoms with Crippen LogP contribution in [0.2, 0.25) is 5.02 Å². The van der Waals surface area contributed by atoms with E-state index in [1.165, 1.54) is 0 Å². The summed E-state index contributed by atoms with van der Waals surface area (Å²) in [5, 5.41) is 8.84. The molecule has 13 heavy (non-hydrogen) atoms. The number of benzene rings is 1. The topological polar surface area (TPSA) is 46.2 Å². The van der Waals surface area contributed by atoms with E-state index >= 15 is 0 Å². The Hall–Kier alpha value is -0.710. The zero-order valence-electron chi connectivity index (χ0n) is 6.60. The molecule has 1 unspecified atom stereocenters. The van der Waals surface area contributed by atoms with Crippen LogP contribution in [0.25, 0.3) is 0 Å². The van der Waals surface area contributed by atoms with Crippen molar-refractivity contribution in [2.45, 2.75) is 6.10 Å². The second kappa shape index (κ2) is 4.00. The summed E-state index contributed by atoms with van der Waals surface area (Å²) in [5.41, 5.74) is 4.91. The minimum Gasteiger partial charge on any atom is -0.387 e. The van der Waals surface area contributed by atoms with Gasteiger partial charge in [0.2, 0.25) is 0 Å². The quantitative estimate of drug-likeness (QED) is 0.724. The van der Waals surface area contributed by atoms with Gasteiger partial charge in [-0.15, -0.1) is 0 Å². The molecule has 0 radical (unpaired) electrons. The maximum Gasteiger partial charge on any atom is 0.142 e. The number of nitrogens with two attached hydrogens (primary N) is 1. The molecular formula is C8H8ClF2NO. The molecule has 0 aliphatic rings. The molecule has 0 bridgehead atoms. The Morgan fingerprint density at radius 1 is 1.38 bits per heavy atom. The Labute approximate surface area is 78.9 Å². The smallest absolute Gasteiger partial charge is 0.142 e. The normalized spacial score (nSPS) is 13.0. The van der Waals surface area contributed by atoms with Gasteiger partial charge in [-0.25, -0.2) is 8.78 Å². The fourth-order valence-electron chi connectivity index (χ4n) is 0.920. The summed E-state index contributed by atoms with van der Waals surface area (Å²) >= 11 is 5.31. The van der Waals surface area contributed by atoms with E-state index in [1.54, 1.807) is 0 Å². The zero-order valence-corrected chi connectivity index (χ0v) is 7.35. The summed E-state index contributed by atoms with van der Waals surface area (Å²) in [6.45, 7) is -0.169. The highest BCUT2D eigenvalue weighted by Crippen LogP contribution is 2.23. The summed E-state index contributed by atoms with van der Waals surface area (Å²) < 4.78 is 25.8. The van der Waals surface area contributed by atoms with Crippen molar-refractivity contribution in [1.82, 2.24) is 0 Å². The predicted octanol–water partition coefficient (Wildman–Crippen LogP) is 1.61. The largest absolute Gasteiger partial charge is 0.387 e. The van der Waals surface area contributed by atoms with Gasteiger partial charge in [0.15, 0.2) is 0 Å². The highest BCUT2D eigenvalue weighted by atomic mass is 35.5. The first-order chi connectivity index (χ1) is 6.06. The fraction of sp³-hybridized carbons (Fsp3) is 0.250. The molecule has 2 nitrogen and oxygen atoms in total. The first-order valence-corrected chi connectivity index (χ1v) is 3.96. The Bertz CT molecular complexity index is 319. The maximum atomic E-state index is 13.0. The second-order valence-corrected chi connectivity index (χ2v) is 2.95. The van der Waals surface area contributed by atoms with Crippen LogP contribution < -0.4 is 5.73 Å². The van der Waals surface area contributed by atoms with Gasteiger partial charge in [-0.3, -0.25) is 0 Å². The molecule has 0 heterocycles. The van der Waals surface area contributed by atoms with Gasteiger partial charge in [0, 0.05) is 12.1 Å². The summed E-state index contributed by atoms with van der Waals surface area (Å²) in [7, 11) is 0. The van der Waals surface area contributed by atoms with Crippen LogP contribution >= 0.6 is 11.6 Å². The third-order valence-electron chi connectivity index (χ3n) is 1.62. The van der Waals surface area contributed by atoms with Crippen molar-refractivity contribution in [3.05, 3.63) is 34.4 Å². The van der Waals surface area contributed by atoms with Crippen molar-refractivity contribution in [1.29, 1.82) is 0 Å². The number of aliphatic hydroxyl groups excluding tert-OH is 1. The lowest BCUT2D eigenvalue weighted by Crippen LogP contribution is -2.13. The van der Waals surface area contributed by atoms with Crippen molar-refractivity contribution < 1.29 is 13.9 Å². The highest BCUT2D eigenvalue weighted by Gasteiger charge is 2.14. The van der Waals surface area contributed by atoms with Crippen molar-refractivity contribution in [3.63, 3.8) is 0 Å². The number of halogens is 3. The molecule has 0 spiro atoms. The number of hydrogen-bond acceptors (Lipinski definition) is 2. The van der Waals surface area contributed by atoms with Crippen LogP contribution in [0.15, 0.2) is 12.1 Å². The van der Waals surface area contributed by atoms with Gasteiger partial charge in [-0.1, -0.05) is 11.6 Å². The molecule has 0 amide bonds. The molecule has 0 fully saturated rings. The Balaban J connectivity index is 3.15. The lowest BCUT2D eigenvalue weighted by atomic mass is 10.1. The van der Waals surface area contributed by atoms with E-state index < -0.39 is 17.7 Å². The SMILES string of the molecule is NCC(O)c1cc(F)c(Cl)cc1F. The molecular weight excluding hydrogens is 200 g/mol. The van der Waals surface area contributed by atoms with E-state index in [-0.39, 0.29) is 17.1 Å². The second-order valence-electron chi connectivity index (χ2n) is 2.54. The van der Waals surface area contributed by atoms with Crippen LogP contribution in [0.4, 0.5) is 8.78 Å². The molecule has 0 saturated heterocycles. The molecule has 1 rings (SSSR count). The standard InChI is InChI=1S/C8H8ClF2NO/c9-5-2-6(10)4(1-7(5)11)8(13)3-12/h1-2,8,13H,3,12H2. The van der Waals surface area contributed by atoms with Crippen molar-refractivity contribution in [2.24, 2.45) is 5.73 Å². The lowest BCUT2D eigenvalue weighted by Gasteiger charge is -2.09. The highest BCUT2D eigenvalue weighted by molar-refractivity contribution is 6.30. The molecule has 0 aliphatic carbocycles. The van der Waals surface area contributed by atoms with Crippen molar-refractivity contribution in [2.75, 3.05) is 6.54 Å². The van der Waals surface area contributed by atoms with Crippen LogP contribution in [-0.2, 0) is 0 Å². The molecule has 1 aromatic carbocycles. The molecule has 0 aliphatic heterocycles. The van der Waals surface area contributed by atoms with Crippen LogP contribution in [0.3, 0.4) is 0 Å². The zero-order chi connectivity index (χ0) is 10.0. The molecule has 72 valence electrons. The van der Waals surface area contributed by atoms with E-state index in [1.807, 2.05) is 0 Å².